The Morgan fingerprint density at radius 1 is 1.14 bits per heavy atom. The second-order valence-corrected chi connectivity index (χ2v) is 10.6. The summed E-state index contributed by atoms with van der Waals surface area (Å²) in [6.45, 7) is 2.31. The van der Waals surface area contributed by atoms with E-state index in [1.807, 2.05) is 67.5 Å². The summed E-state index contributed by atoms with van der Waals surface area (Å²) in [6, 6.07) is 19.6. The molecule has 0 radical (unpaired) electrons. The van der Waals surface area contributed by atoms with Crippen molar-refractivity contribution in [2.75, 3.05) is 51.1 Å². The third-order valence-corrected chi connectivity index (χ3v) is 6.87. The zero-order chi connectivity index (χ0) is 30.0. The summed E-state index contributed by atoms with van der Waals surface area (Å²) in [5.41, 5.74) is 2.91. The van der Waals surface area contributed by atoms with E-state index in [2.05, 4.69) is 20.6 Å². The van der Waals surface area contributed by atoms with Gasteiger partial charge < -0.3 is 29.7 Å². The first-order valence-electron chi connectivity index (χ1n) is 14.2. The number of nitrogens with zero attached hydrogens (tertiary/aromatic N) is 3. The zero-order valence-corrected chi connectivity index (χ0v) is 24.3. The van der Waals surface area contributed by atoms with Crippen LogP contribution in [-0.2, 0) is 20.9 Å². The van der Waals surface area contributed by atoms with Crippen LogP contribution in [0.1, 0.15) is 23.6 Å². The van der Waals surface area contributed by atoms with Crippen LogP contribution in [0.5, 0.6) is 5.75 Å². The van der Waals surface area contributed by atoms with Crippen molar-refractivity contribution >= 4 is 28.3 Å². The molecule has 1 fully saturated rings. The smallest absolute Gasteiger partial charge is 0.248 e. The van der Waals surface area contributed by atoms with Crippen LogP contribution in [0.2, 0.25) is 0 Å². The Morgan fingerprint density at radius 2 is 2.00 bits per heavy atom. The van der Waals surface area contributed by atoms with Crippen molar-refractivity contribution in [1.82, 2.24) is 14.9 Å². The van der Waals surface area contributed by atoms with E-state index < -0.39 is 0 Å². The van der Waals surface area contributed by atoms with Gasteiger partial charge in [0, 0.05) is 30.5 Å². The number of carbonyl (C=O) groups is 1. The normalized spacial score (nSPS) is 15.7. The molecule has 5 rings (SSSR count). The maximum atomic E-state index is 13.7. The summed E-state index contributed by atoms with van der Waals surface area (Å²) >= 11 is 0. The highest BCUT2D eigenvalue weighted by Crippen LogP contribution is 2.35. The molecule has 2 N–H and O–H groups in total. The summed E-state index contributed by atoms with van der Waals surface area (Å²) in [5.74, 6) is 0.516. The standard InChI is InChI=1S/C33H36FN5O4/c1-39(2)14-7-12-32(40)37-29-17-27-28(18-31(29)43-26-13-15-41-20-26)35-22-36-33(27)38-30(24-9-4-3-5-10-24)21-42-19-23-8-6-11-25(34)16-23/h3-12,16-18,22,26,30H,13-15,19-21H2,1-2H3,(H,37,40)(H,35,36,38)/b12-7+/t26-,30-/m1/s1. The predicted molar refractivity (Wildman–Crippen MR) is 165 cm³/mol. The van der Waals surface area contributed by atoms with Crippen molar-refractivity contribution in [2.45, 2.75) is 25.2 Å². The van der Waals surface area contributed by atoms with Crippen LogP contribution in [0.25, 0.3) is 10.9 Å². The van der Waals surface area contributed by atoms with Gasteiger partial charge in [-0.05, 0) is 43.4 Å². The Hall–Kier alpha value is -4.38. The summed E-state index contributed by atoms with van der Waals surface area (Å²) in [5, 5.41) is 7.19. The first kappa shape index (κ1) is 30.1. The topological polar surface area (TPSA) is 97.8 Å². The minimum Gasteiger partial charge on any atom is -0.486 e. The minimum absolute atomic E-state index is 0.116. The Labute approximate surface area is 250 Å². The third-order valence-electron chi connectivity index (χ3n) is 6.87. The maximum Gasteiger partial charge on any atom is 0.248 e. The minimum atomic E-state index is -0.300. The van der Waals surface area contributed by atoms with Crippen LogP contribution in [0.15, 0.2) is 85.2 Å². The summed E-state index contributed by atoms with van der Waals surface area (Å²) < 4.78 is 31.4. The molecule has 4 aromatic rings. The monoisotopic (exact) mass is 585 g/mol. The lowest BCUT2D eigenvalue weighted by molar-refractivity contribution is -0.111. The van der Waals surface area contributed by atoms with Gasteiger partial charge in [0.2, 0.25) is 5.91 Å². The number of ether oxygens (including phenoxy) is 3. The molecule has 10 heteroatoms. The van der Waals surface area contributed by atoms with Gasteiger partial charge in [-0.3, -0.25) is 4.79 Å². The fraction of sp³-hybridized carbons (Fsp3) is 0.303. The van der Waals surface area contributed by atoms with E-state index in [4.69, 9.17) is 14.2 Å². The van der Waals surface area contributed by atoms with Crippen molar-refractivity contribution in [3.63, 3.8) is 0 Å². The Morgan fingerprint density at radius 3 is 2.77 bits per heavy atom. The molecule has 0 unspecified atom stereocenters. The van der Waals surface area contributed by atoms with Crippen molar-refractivity contribution in [3.8, 4) is 5.75 Å². The molecule has 0 saturated carbocycles. The van der Waals surface area contributed by atoms with Gasteiger partial charge in [-0.2, -0.15) is 0 Å². The van der Waals surface area contributed by atoms with E-state index >= 15 is 0 Å². The highest BCUT2D eigenvalue weighted by molar-refractivity contribution is 6.03. The molecule has 1 saturated heterocycles. The number of nitrogens with one attached hydrogen (secondary N) is 2. The van der Waals surface area contributed by atoms with E-state index in [0.717, 1.165) is 17.5 Å². The quantitative estimate of drug-likeness (QED) is 0.202. The van der Waals surface area contributed by atoms with Gasteiger partial charge in [0.15, 0.2) is 0 Å². The van der Waals surface area contributed by atoms with E-state index in [1.165, 1.54) is 24.5 Å². The molecule has 224 valence electrons. The van der Waals surface area contributed by atoms with Crippen molar-refractivity contribution in [1.29, 1.82) is 0 Å². The average molecular weight is 586 g/mol. The molecule has 3 aromatic carbocycles. The number of aromatic nitrogens is 2. The highest BCUT2D eigenvalue weighted by Gasteiger charge is 2.21. The SMILES string of the molecule is CN(C)C/C=C/C(=O)Nc1cc2c(N[C@H](COCc3cccc(F)c3)c3ccccc3)ncnc2cc1O[C@@H]1CCOC1. The lowest BCUT2D eigenvalue weighted by Gasteiger charge is -2.22. The van der Waals surface area contributed by atoms with Gasteiger partial charge in [0.25, 0.3) is 0 Å². The third kappa shape index (κ3) is 8.57. The van der Waals surface area contributed by atoms with E-state index in [9.17, 15) is 9.18 Å². The number of benzene rings is 3. The van der Waals surface area contributed by atoms with Crippen LogP contribution < -0.4 is 15.4 Å². The predicted octanol–water partition coefficient (Wildman–Crippen LogP) is 5.36. The van der Waals surface area contributed by atoms with Crippen molar-refractivity contribution in [3.05, 3.63) is 102 Å². The Balaban J connectivity index is 1.42. The van der Waals surface area contributed by atoms with Gasteiger partial charge in [-0.15, -0.1) is 0 Å². The second kappa shape index (κ2) is 14.7. The fourth-order valence-electron chi connectivity index (χ4n) is 4.72. The molecule has 0 spiro atoms. The molecule has 2 atom stereocenters. The van der Waals surface area contributed by atoms with E-state index in [1.54, 1.807) is 12.1 Å². The maximum absolute atomic E-state index is 13.7. The number of carbonyl (C=O) groups excluding carboxylic acids is 1. The molecule has 0 bridgehead atoms. The van der Waals surface area contributed by atoms with Crippen LogP contribution >= 0.6 is 0 Å². The van der Waals surface area contributed by atoms with Crippen molar-refractivity contribution < 1.29 is 23.4 Å². The van der Waals surface area contributed by atoms with Gasteiger partial charge >= 0.3 is 0 Å². The number of amides is 1. The molecule has 9 nitrogen and oxygen atoms in total. The molecular formula is C33H36FN5O4. The molecule has 1 aliphatic heterocycles. The van der Waals surface area contributed by atoms with Gasteiger partial charge in [0.1, 0.15) is 29.8 Å². The van der Waals surface area contributed by atoms with E-state index in [-0.39, 0.29) is 30.5 Å². The number of rotatable bonds is 13. The first-order chi connectivity index (χ1) is 20.9. The first-order valence-corrected chi connectivity index (χ1v) is 14.2. The molecule has 2 heterocycles. The summed E-state index contributed by atoms with van der Waals surface area (Å²) in [6.07, 6.45) is 5.44. The number of halogens is 1. The molecular weight excluding hydrogens is 549 g/mol. The molecule has 1 aromatic heterocycles. The second-order valence-electron chi connectivity index (χ2n) is 10.6. The van der Waals surface area contributed by atoms with Crippen LogP contribution in [0.3, 0.4) is 0 Å². The molecule has 43 heavy (non-hydrogen) atoms. The lowest BCUT2D eigenvalue weighted by Crippen LogP contribution is -2.19. The number of anilines is 2. The van der Waals surface area contributed by atoms with Crippen LogP contribution in [0.4, 0.5) is 15.9 Å². The Bertz CT molecular complexity index is 1540. The fourth-order valence-corrected chi connectivity index (χ4v) is 4.72. The molecule has 1 amide bonds. The largest absolute Gasteiger partial charge is 0.486 e. The van der Waals surface area contributed by atoms with Gasteiger partial charge in [0.05, 0.1) is 43.7 Å². The lowest BCUT2D eigenvalue weighted by atomic mass is 10.1. The summed E-state index contributed by atoms with van der Waals surface area (Å²) in [4.78, 5) is 23.9. The Kier molecular flexibility index (Phi) is 10.3. The highest BCUT2D eigenvalue weighted by atomic mass is 19.1. The number of likely N-dealkylation sites (N-methyl/N-ethyl adjacent to an activating group) is 1. The molecule has 1 aliphatic rings. The zero-order valence-electron chi connectivity index (χ0n) is 24.3. The van der Waals surface area contributed by atoms with Gasteiger partial charge in [-0.1, -0.05) is 48.5 Å². The summed E-state index contributed by atoms with van der Waals surface area (Å²) in [7, 11) is 3.87. The van der Waals surface area contributed by atoms with Gasteiger partial charge in [-0.25, -0.2) is 14.4 Å². The molecule has 0 aliphatic carbocycles. The van der Waals surface area contributed by atoms with Crippen LogP contribution in [0, 0.1) is 5.82 Å². The number of fused-ring (bicyclic) bond motifs is 1. The van der Waals surface area contributed by atoms with Crippen LogP contribution in [-0.4, -0.2) is 67.3 Å². The number of hydrogen-bond acceptors (Lipinski definition) is 8. The average Bonchev–Trinajstić information content (AvgIpc) is 3.51. The van der Waals surface area contributed by atoms with Crippen molar-refractivity contribution in [2.24, 2.45) is 0 Å². The van der Waals surface area contributed by atoms with E-state index in [0.29, 0.717) is 54.5 Å². The number of hydrogen-bond donors (Lipinski definition) is 2.